The molecule has 0 aliphatic rings. The Balaban J connectivity index is 2.75. The molecule has 0 aromatic heterocycles. The summed E-state index contributed by atoms with van der Waals surface area (Å²) in [4.78, 5) is 0. The molecule has 0 aliphatic carbocycles. The Morgan fingerprint density at radius 1 is 1.08 bits per heavy atom. The zero-order chi connectivity index (χ0) is 9.52. The molecule has 1 aromatic rings. The summed E-state index contributed by atoms with van der Waals surface area (Å²) < 4.78 is 0. The zero-order valence-electron chi connectivity index (χ0n) is 8.12. The van der Waals surface area contributed by atoms with Crippen LogP contribution in [0.4, 0.5) is 0 Å². The zero-order valence-corrected chi connectivity index (χ0v) is 8.12. The second-order valence-corrected chi connectivity index (χ2v) is 3.25. The first-order valence-electron chi connectivity index (χ1n) is 4.51. The second-order valence-electron chi connectivity index (χ2n) is 3.25. The van der Waals surface area contributed by atoms with Gasteiger partial charge in [-0.25, -0.2) is 0 Å². The van der Waals surface area contributed by atoms with E-state index >= 15 is 0 Å². The molecule has 0 heterocycles. The molecule has 13 heavy (non-hydrogen) atoms. The van der Waals surface area contributed by atoms with Gasteiger partial charge in [-0.3, -0.25) is 0 Å². The van der Waals surface area contributed by atoms with Gasteiger partial charge in [-0.15, -0.1) is 0 Å². The summed E-state index contributed by atoms with van der Waals surface area (Å²) in [5.41, 5.74) is 7.16. The van der Waals surface area contributed by atoms with Crippen molar-refractivity contribution in [1.82, 2.24) is 0 Å². The maximum atomic E-state index is 3.00. The van der Waals surface area contributed by atoms with E-state index in [1.807, 2.05) is 42.5 Å². The molecule has 0 spiro atoms. The molecule has 0 aliphatic heterocycles. The monoisotopic (exact) mass is 170 g/mol. The van der Waals surface area contributed by atoms with Gasteiger partial charge in [0.05, 0.1) is 0 Å². The van der Waals surface area contributed by atoms with Crippen molar-refractivity contribution in [2.75, 3.05) is 0 Å². The van der Waals surface area contributed by atoms with Crippen molar-refractivity contribution < 1.29 is 0 Å². The van der Waals surface area contributed by atoms with Crippen molar-refractivity contribution in [3.05, 3.63) is 53.4 Å². The highest BCUT2D eigenvalue weighted by molar-refractivity contribution is 5.47. The number of rotatable bonds is 2. The van der Waals surface area contributed by atoms with Crippen LogP contribution in [0, 0.1) is 5.92 Å². The predicted octanol–water partition coefficient (Wildman–Crippen LogP) is 3.67. The Hall–Kier alpha value is -1.48. The summed E-state index contributed by atoms with van der Waals surface area (Å²) in [6.07, 6.45) is 3.93. The van der Waals surface area contributed by atoms with Crippen molar-refractivity contribution in [2.24, 2.45) is 5.92 Å². The van der Waals surface area contributed by atoms with E-state index < -0.39 is 0 Å². The Kier molecular flexibility index (Phi) is 3.85. The van der Waals surface area contributed by atoms with Crippen LogP contribution in [0.2, 0.25) is 0 Å². The van der Waals surface area contributed by atoms with Crippen molar-refractivity contribution in [3.8, 4) is 0 Å². The Morgan fingerprint density at radius 3 is 2.38 bits per heavy atom. The molecule has 66 valence electrons. The van der Waals surface area contributed by atoms with Crippen LogP contribution in [-0.2, 0) is 0 Å². The third-order valence-corrected chi connectivity index (χ3v) is 1.54. The topological polar surface area (TPSA) is 0 Å². The molecule has 0 fully saturated rings. The smallest absolute Gasteiger partial charge is 0.00428 e. The first-order valence-corrected chi connectivity index (χ1v) is 4.51. The Labute approximate surface area is 79.9 Å². The lowest BCUT2D eigenvalue weighted by Crippen LogP contribution is -1.72. The first kappa shape index (κ1) is 9.61. The molecule has 0 heteroatoms. The molecule has 1 rings (SSSR count). The molecule has 0 saturated carbocycles. The molecule has 0 nitrogen and oxygen atoms in total. The minimum Gasteiger partial charge on any atom is -0.0743 e. The normalized spacial score (nSPS) is 8.85. The lowest BCUT2D eigenvalue weighted by Gasteiger charge is -1.86. The van der Waals surface area contributed by atoms with Crippen LogP contribution in [-0.4, -0.2) is 0 Å². The average molecular weight is 170 g/mol. The summed E-state index contributed by atoms with van der Waals surface area (Å²) in [6, 6.07) is 10.1. The van der Waals surface area contributed by atoms with Crippen molar-refractivity contribution in [3.63, 3.8) is 0 Å². The van der Waals surface area contributed by atoms with Crippen LogP contribution in [0.15, 0.2) is 47.9 Å². The van der Waals surface area contributed by atoms with E-state index in [4.69, 9.17) is 0 Å². The van der Waals surface area contributed by atoms with Crippen LogP contribution >= 0.6 is 0 Å². The van der Waals surface area contributed by atoms with Crippen molar-refractivity contribution in [1.29, 1.82) is 0 Å². The molecule has 0 bridgehead atoms. The third-order valence-electron chi connectivity index (χ3n) is 1.54. The van der Waals surface area contributed by atoms with Gasteiger partial charge in [0.25, 0.3) is 0 Å². The lowest BCUT2D eigenvalue weighted by atomic mass is 10.2. The van der Waals surface area contributed by atoms with Crippen LogP contribution in [0.1, 0.15) is 19.4 Å². The van der Waals surface area contributed by atoms with E-state index in [1.165, 1.54) is 0 Å². The summed E-state index contributed by atoms with van der Waals surface area (Å²) in [7, 11) is 0. The second kappa shape index (κ2) is 5.22. The molecular weight excluding hydrogens is 156 g/mol. The number of benzene rings is 1. The van der Waals surface area contributed by atoms with E-state index in [9.17, 15) is 0 Å². The number of hydrogen-bond acceptors (Lipinski definition) is 0. The van der Waals surface area contributed by atoms with E-state index in [2.05, 4.69) is 25.3 Å². The van der Waals surface area contributed by atoms with Gasteiger partial charge in [-0.05, 0) is 23.6 Å². The van der Waals surface area contributed by atoms with Gasteiger partial charge >= 0.3 is 0 Å². The minimum atomic E-state index is 0.539. The van der Waals surface area contributed by atoms with Gasteiger partial charge in [-0.1, -0.05) is 55.6 Å². The summed E-state index contributed by atoms with van der Waals surface area (Å²) >= 11 is 0. The number of hydrogen-bond donors (Lipinski definition) is 0. The van der Waals surface area contributed by atoms with E-state index in [1.54, 1.807) is 0 Å². The molecule has 1 aromatic carbocycles. The Morgan fingerprint density at radius 2 is 1.77 bits per heavy atom. The first-order chi connectivity index (χ1) is 6.29. The fourth-order valence-electron chi connectivity index (χ4n) is 0.889. The largest absolute Gasteiger partial charge is 0.0743 e. The van der Waals surface area contributed by atoms with Crippen molar-refractivity contribution in [2.45, 2.75) is 13.8 Å². The molecule has 0 N–H and O–H groups in total. The predicted molar refractivity (Wildman–Crippen MR) is 57.3 cm³/mol. The van der Waals surface area contributed by atoms with Crippen LogP contribution in [0.3, 0.4) is 0 Å². The van der Waals surface area contributed by atoms with Gasteiger partial charge in [0.15, 0.2) is 0 Å². The molecule has 0 saturated heterocycles. The Bertz CT molecular complexity index is 332. The molecular formula is C13H14. The van der Waals surface area contributed by atoms with Gasteiger partial charge < -0.3 is 0 Å². The summed E-state index contributed by atoms with van der Waals surface area (Å²) in [5.74, 6) is 0.539. The van der Waals surface area contributed by atoms with E-state index in [0.717, 1.165) is 5.56 Å². The SMILES string of the molecule is CC(C)C=C=C=Cc1ccccc1. The third kappa shape index (κ3) is 4.18. The van der Waals surface area contributed by atoms with Gasteiger partial charge in [-0.2, -0.15) is 0 Å². The van der Waals surface area contributed by atoms with Crippen LogP contribution in [0.5, 0.6) is 0 Å². The van der Waals surface area contributed by atoms with Crippen molar-refractivity contribution >= 4 is 6.08 Å². The molecule has 0 radical (unpaired) electrons. The highest BCUT2D eigenvalue weighted by Gasteiger charge is 1.80. The molecule has 0 amide bonds. The number of allylic oxidation sites excluding steroid dienone is 1. The minimum absolute atomic E-state index is 0.539. The highest BCUT2D eigenvalue weighted by atomic mass is 13.8. The molecule has 0 unspecified atom stereocenters. The van der Waals surface area contributed by atoms with E-state index in [-0.39, 0.29) is 0 Å². The summed E-state index contributed by atoms with van der Waals surface area (Å²) in [5, 5.41) is 0. The lowest BCUT2D eigenvalue weighted by molar-refractivity contribution is 0.833. The average Bonchev–Trinajstić information content (AvgIpc) is 2.14. The quantitative estimate of drug-likeness (QED) is 0.594. The fourth-order valence-corrected chi connectivity index (χ4v) is 0.889. The van der Waals surface area contributed by atoms with Gasteiger partial charge in [0.1, 0.15) is 0 Å². The fraction of sp³-hybridized carbons (Fsp3) is 0.231. The summed E-state index contributed by atoms with van der Waals surface area (Å²) in [6.45, 7) is 4.24. The highest BCUT2D eigenvalue weighted by Crippen LogP contribution is 1.99. The van der Waals surface area contributed by atoms with E-state index in [0.29, 0.717) is 5.92 Å². The van der Waals surface area contributed by atoms with Gasteiger partial charge in [0, 0.05) is 0 Å². The van der Waals surface area contributed by atoms with Crippen LogP contribution < -0.4 is 0 Å². The van der Waals surface area contributed by atoms with Gasteiger partial charge in [0.2, 0.25) is 0 Å². The standard InChI is InChI=1S/C13H14/c1-12(2)8-6-7-11-13-9-4-3-5-10-13/h3-5,8-12H,1-2H3. The maximum Gasteiger partial charge on any atom is -0.00428 e. The molecule has 0 atom stereocenters. The maximum absolute atomic E-state index is 3.00. The van der Waals surface area contributed by atoms with Crippen LogP contribution in [0.25, 0.3) is 6.08 Å².